The summed E-state index contributed by atoms with van der Waals surface area (Å²) in [7, 11) is 0. The summed E-state index contributed by atoms with van der Waals surface area (Å²) in [5.74, 6) is 0.421. The molecule has 0 aromatic heterocycles. The molecule has 0 atom stereocenters. The fraction of sp³-hybridized carbons (Fsp3) is 0.391. The number of rotatable bonds is 4. The van der Waals surface area contributed by atoms with Crippen LogP contribution in [-0.2, 0) is 16.1 Å². The van der Waals surface area contributed by atoms with Crippen molar-refractivity contribution in [3.8, 4) is 11.1 Å². The van der Waals surface area contributed by atoms with E-state index < -0.39 is 0 Å². The van der Waals surface area contributed by atoms with E-state index in [1.807, 2.05) is 65.8 Å². The molecule has 0 saturated carbocycles. The Hall–Kier alpha value is -3.10. The lowest BCUT2D eigenvalue weighted by molar-refractivity contribution is -0.0431. The van der Waals surface area contributed by atoms with Gasteiger partial charge in [-0.2, -0.15) is 0 Å². The molecule has 0 heterocycles. The quantitative estimate of drug-likeness (QED) is 0.287. The van der Waals surface area contributed by atoms with Gasteiger partial charge in [0, 0.05) is 0 Å². The molecule has 166 valence electrons. The van der Waals surface area contributed by atoms with E-state index in [0.29, 0.717) is 0 Å². The van der Waals surface area contributed by atoms with E-state index in [1.54, 1.807) is 0 Å². The van der Waals surface area contributed by atoms with Gasteiger partial charge in [0.15, 0.2) is 0 Å². The average Bonchev–Trinajstić information content (AvgIpc) is 3.00. The van der Waals surface area contributed by atoms with Crippen LogP contribution in [0, 0.1) is 0 Å². The van der Waals surface area contributed by atoms with Crippen LogP contribution in [0.1, 0.15) is 52.7 Å². The Morgan fingerprint density at radius 1 is 0.742 bits per heavy atom. The van der Waals surface area contributed by atoms with Gasteiger partial charge >= 0.3 is 0 Å². The fourth-order valence-corrected chi connectivity index (χ4v) is 3.06. The second-order valence-electron chi connectivity index (χ2n) is 9.49. The van der Waals surface area contributed by atoms with Crippen molar-refractivity contribution in [2.75, 3.05) is 0 Å². The number of hydroxylamine groups is 2. The summed E-state index contributed by atoms with van der Waals surface area (Å²) in [6.07, 6.45) is 0.787. The third-order valence-electron chi connectivity index (χ3n) is 4.27. The minimum absolute atomic E-state index is 0.211. The van der Waals surface area contributed by atoms with E-state index in [2.05, 4.69) is 33.1 Å². The Kier molecular flexibility index (Phi) is 6.24. The van der Waals surface area contributed by atoms with Crippen LogP contribution < -0.4 is 22.4 Å². The molecule has 0 aliphatic heterocycles. The summed E-state index contributed by atoms with van der Waals surface area (Å²) < 4.78 is 0. The monoisotopic (exact) mass is 424 g/mol. The first-order valence-electron chi connectivity index (χ1n) is 10.2. The molecule has 3 rings (SSSR count). The molecule has 8 heteroatoms. The predicted octanol–water partition coefficient (Wildman–Crippen LogP) is 3.79. The smallest absolute Gasteiger partial charge is 0.218 e. The van der Waals surface area contributed by atoms with E-state index in [9.17, 15) is 0 Å². The van der Waals surface area contributed by atoms with Crippen LogP contribution in [0.15, 0.2) is 46.4 Å². The largest absolute Gasteiger partial charge is 0.368 e. The van der Waals surface area contributed by atoms with Crippen LogP contribution >= 0.6 is 0 Å². The highest BCUT2D eigenvalue weighted by Crippen LogP contribution is 2.39. The van der Waals surface area contributed by atoms with Crippen molar-refractivity contribution in [3.63, 3.8) is 0 Å². The molecule has 1 aliphatic rings. The summed E-state index contributed by atoms with van der Waals surface area (Å²) in [5, 5.41) is 0. The molecule has 31 heavy (non-hydrogen) atoms. The Morgan fingerprint density at radius 3 is 1.48 bits per heavy atom. The highest BCUT2D eigenvalue weighted by Gasteiger charge is 2.19. The molecule has 0 bridgehead atoms. The summed E-state index contributed by atoms with van der Waals surface area (Å²) in [6, 6.07) is 12.1. The van der Waals surface area contributed by atoms with Crippen LogP contribution in [0.3, 0.4) is 0 Å². The third kappa shape index (κ3) is 6.44. The van der Waals surface area contributed by atoms with Crippen molar-refractivity contribution < 1.29 is 9.68 Å². The van der Waals surface area contributed by atoms with Crippen molar-refractivity contribution in [2.24, 2.45) is 21.5 Å². The zero-order chi connectivity index (χ0) is 22.8. The van der Waals surface area contributed by atoms with Gasteiger partial charge in [-0.3, -0.25) is 9.68 Å². The van der Waals surface area contributed by atoms with Crippen molar-refractivity contribution in [1.82, 2.24) is 11.0 Å². The molecule has 1 aliphatic carbocycles. The number of aliphatic imine (C=N–C) groups is 2. The minimum atomic E-state index is -0.363. The number of hydrogen-bond acceptors (Lipinski definition) is 4. The summed E-state index contributed by atoms with van der Waals surface area (Å²) >= 11 is 0. The maximum absolute atomic E-state index is 5.93. The third-order valence-corrected chi connectivity index (χ3v) is 4.27. The van der Waals surface area contributed by atoms with Gasteiger partial charge in [0.1, 0.15) is 0 Å². The van der Waals surface area contributed by atoms with Gasteiger partial charge in [0.2, 0.25) is 11.9 Å². The van der Waals surface area contributed by atoms with Crippen molar-refractivity contribution in [2.45, 2.75) is 59.2 Å². The fourth-order valence-electron chi connectivity index (χ4n) is 3.06. The number of nitrogens with one attached hydrogen (secondary N) is 2. The number of hydrogen-bond donors (Lipinski definition) is 4. The highest BCUT2D eigenvalue weighted by atomic mass is 16.7. The Morgan fingerprint density at radius 2 is 1.13 bits per heavy atom. The van der Waals surface area contributed by atoms with Crippen molar-refractivity contribution in [1.29, 1.82) is 0 Å². The first-order valence-corrected chi connectivity index (χ1v) is 10.2. The maximum Gasteiger partial charge on any atom is 0.218 e. The molecule has 0 radical (unpaired) electrons. The van der Waals surface area contributed by atoms with E-state index in [-0.39, 0.29) is 23.1 Å². The Balaban J connectivity index is 1.73. The molecule has 0 unspecified atom stereocenters. The summed E-state index contributed by atoms with van der Waals surface area (Å²) in [4.78, 5) is 19.7. The van der Waals surface area contributed by atoms with Gasteiger partial charge in [0.05, 0.1) is 22.6 Å². The van der Waals surface area contributed by atoms with Crippen molar-refractivity contribution in [3.05, 3.63) is 47.5 Å². The zero-order valence-corrected chi connectivity index (χ0v) is 19.0. The standard InChI is InChI=1S/C23H32N6O2/c1-22(2,3)30-28-20(24)26-16-7-9-18-14(12-16)11-15-13-17(8-10-19(15)18)27-21(25)29-31-23(4,5)6/h7-10,12-13H,11H2,1-6H3,(H3,24,26,28)(H3,25,27,29). The molecule has 0 spiro atoms. The number of fused-ring (bicyclic) bond motifs is 3. The average molecular weight is 425 g/mol. The van der Waals surface area contributed by atoms with Gasteiger partial charge in [-0.1, -0.05) is 12.1 Å². The highest BCUT2D eigenvalue weighted by molar-refractivity contribution is 5.84. The summed E-state index contributed by atoms with van der Waals surface area (Å²) in [6.45, 7) is 11.6. The molecule has 2 aromatic carbocycles. The van der Waals surface area contributed by atoms with Crippen LogP contribution in [-0.4, -0.2) is 23.1 Å². The minimum Gasteiger partial charge on any atom is -0.368 e. The van der Waals surface area contributed by atoms with E-state index in [4.69, 9.17) is 21.1 Å². The predicted molar refractivity (Wildman–Crippen MR) is 125 cm³/mol. The molecule has 8 nitrogen and oxygen atoms in total. The van der Waals surface area contributed by atoms with E-state index >= 15 is 0 Å². The van der Waals surface area contributed by atoms with Crippen molar-refractivity contribution >= 4 is 23.3 Å². The molecule has 6 N–H and O–H groups in total. The molecule has 0 saturated heterocycles. The molecule has 2 aromatic rings. The lowest BCUT2D eigenvalue weighted by atomic mass is 10.1. The van der Waals surface area contributed by atoms with E-state index in [0.717, 1.165) is 17.8 Å². The van der Waals surface area contributed by atoms with Gasteiger partial charge in [0.25, 0.3) is 0 Å². The molecule has 0 amide bonds. The second-order valence-corrected chi connectivity index (χ2v) is 9.49. The van der Waals surface area contributed by atoms with Crippen LogP contribution in [0.2, 0.25) is 0 Å². The molecular weight excluding hydrogens is 392 g/mol. The van der Waals surface area contributed by atoms with Crippen LogP contribution in [0.5, 0.6) is 0 Å². The lowest BCUT2D eigenvalue weighted by Gasteiger charge is -2.19. The number of benzene rings is 2. The van der Waals surface area contributed by atoms with E-state index in [1.165, 1.54) is 22.3 Å². The normalized spacial score (nSPS) is 14.3. The number of guanidine groups is 2. The lowest BCUT2D eigenvalue weighted by Crippen LogP contribution is -2.38. The number of nitrogens with zero attached hydrogens (tertiary/aromatic N) is 2. The molecular formula is C23H32N6O2. The first kappa shape index (κ1) is 22.6. The van der Waals surface area contributed by atoms with Gasteiger partial charge in [-0.15, -0.1) is 0 Å². The second kappa shape index (κ2) is 8.56. The first-order chi connectivity index (χ1) is 14.4. The molecule has 0 fully saturated rings. The summed E-state index contributed by atoms with van der Waals surface area (Å²) in [5.41, 5.74) is 22.8. The SMILES string of the molecule is CC(C)(C)ONC(N)=Nc1ccc2c(c1)Cc1cc(N=C(N)NOC(C)(C)C)ccc1-2. The van der Waals surface area contributed by atoms with Crippen LogP contribution in [0.4, 0.5) is 11.4 Å². The topological polar surface area (TPSA) is 119 Å². The number of nitrogens with two attached hydrogens (primary N) is 2. The Labute approximate surface area is 183 Å². The van der Waals surface area contributed by atoms with Gasteiger partial charge in [-0.25, -0.2) is 20.9 Å². The van der Waals surface area contributed by atoms with Gasteiger partial charge in [-0.05, 0) is 94.5 Å². The van der Waals surface area contributed by atoms with Gasteiger partial charge < -0.3 is 11.5 Å². The van der Waals surface area contributed by atoms with Crippen LogP contribution in [0.25, 0.3) is 11.1 Å². The zero-order valence-electron chi connectivity index (χ0n) is 19.0. The Bertz CT molecular complexity index is 934. The maximum atomic E-state index is 5.93.